The Morgan fingerprint density at radius 2 is 2.11 bits per heavy atom. The SMILES string of the molecule is Fc1ccc2nc(C3COc4ccccc43)[nH]c2c1. The number of ether oxygens (including phenoxy) is 1. The molecule has 4 heteroatoms. The fourth-order valence-corrected chi connectivity index (χ4v) is 2.56. The molecule has 4 rings (SSSR count). The summed E-state index contributed by atoms with van der Waals surface area (Å²) >= 11 is 0. The minimum atomic E-state index is -0.259. The molecule has 0 radical (unpaired) electrons. The normalized spacial score (nSPS) is 17.4. The van der Waals surface area contributed by atoms with E-state index in [4.69, 9.17) is 4.74 Å². The molecule has 0 fully saturated rings. The largest absolute Gasteiger partial charge is 0.492 e. The van der Waals surface area contributed by atoms with Gasteiger partial charge >= 0.3 is 0 Å². The van der Waals surface area contributed by atoms with E-state index in [9.17, 15) is 4.39 Å². The highest BCUT2D eigenvalue weighted by Crippen LogP contribution is 2.37. The van der Waals surface area contributed by atoms with Crippen molar-refractivity contribution in [3.05, 3.63) is 59.7 Å². The van der Waals surface area contributed by atoms with E-state index in [-0.39, 0.29) is 11.7 Å². The monoisotopic (exact) mass is 254 g/mol. The molecule has 0 bridgehead atoms. The highest BCUT2D eigenvalue weighted by atomic mass is 19.1. The minimum absolute atomic E-state index is 0.0895. The first-order valence-corrected chi connectivity index (χ1v) is 6.18. The number of halogens is 1. The number of imidazole rings is 1. The number of hydrogen-bond acceptors (Lipinski definition) is 2. The van der Waals surface area contributed by atoms with Crippen molar-refractivity contribution in [3.8, 4) is 5.75 Å². The Bertz CT molecular complexity index is 766. The van der Waals surface area contributed by atoms with Crippen molar-refractivity contribution in [2.24, 2.45) is 0 Å². The summed E-state index contributed by atoms with van der Waals surface area (Å²) in [6.07, 6.45) is 0. The number of aromatic amines is 1. The van der Waals surface area contributed by atoms with Crippen LogP contribution in [0.15, 0.2) is 42.5 Å². The maximum absolute atomic E-state index is 13.2. The molecule has 1 N–H and O–H groups in total. The number of rotatable bonds is 1. The molecular formula is C15H11FN2O. The van der Waals surface area contributed by atoms with E-state index >= 15 is 0 Å². The molecule has 2 aromatic carbocycles. The second-order valence-corrected chi connectivity index (χ2v) is 4.68. The minimum Gasteiger partial charge on any atom is -0.492 e. The van der Waals surface area contributed by atoms with Crippen LogP contribution in [-0.4, -0.2) is 16.6 Å². The number of nitrogens with zero attached hydrogens (tertiary/aromatic N) is 1. The molecule has 0 saturated heterocycles. The van der Waals surface area contributed by atoms with Crippen LogP contribution < -0.4 is 4.74 Å². The van der Waals surface area contributed by atoms with Gasteiger partial charge in [-0.2, -0.15) is 0 Å². The van der Waals surface area contributed by atoms with E-state index in [0.29, 0.717) is 6.61 Å². The first-order valence-electron chi connectivity index (χ1n) is 6.18. The summed E-state index contributed by atoms with van der Waals surface area (Å²) in [6.45, 7) is 0.571. The van der Waals surface area contributed by atoms with Gasteiger partial charge in [0.1, 0.15) is 24.0 Å². The zero-order chi connectivity index (χ0) is 12.8. The van der Waals surface area contributed by atoms with Gasteiger partial charge < -0.3 is 9.72 Å². The molecule has 1 aliphatic rings. The lowest BCUT2D eigenvalue weighted by Crippen LogP contribution is -2.04. The van der Waals surface area contributed by atoms with Crippen LogP contribution in [0.3, 0.4) is 0 Å². The van der Waals surface area contributed by atoms with Gasteiger partial charge in [-0.1, -0.05) is 18.2 Å². The van der Waals surface area contributed by atoms with Crippen molar-refractivity contribution in [1.82, 2.24) is 9.97 Å². The van der Waals surface area contributed by atoms with Gasteiger partial charge in [-0.15, -0.1) is 0 Å². The predicted molar refractivity (Wildman–Crippen MR) is 69.8 cm³/mol. The lowest BCUT2D eigenvalue weighted by Gasteiger charge is -2.03. The standard InChI is InChI=1S/C15H11FN2O/c16-9-5-6-12-13(7-9)18-15(17-12)11-8-19-14-4-2-1-3-10(11)14/h1-7,11H,8H2,(H,17,18). The van der Waals surface area contributed by atoms with Gasteiger partial charge in [0.15, 0.2) is 0 Å². The summed E-state index contributed by atoms with van der Waals surface area (Å²) in [5.74, 6) is 1.56. The summed E-state index contributed by atoms with van der Waals surface area (Å²) in [5.41, 5.74) is 2.63. The lowest BCUT2D eigenvalue weighted by molar-refractivity contribution is 0.340. The third-order valence-electron chi connectivity index (χ3n) is 3.49. The van der Waals surface area contributed by atoms with E-state index in [0.717, 1.165) is 28.2 Å². The Morgan fingerprint density at radius 1 is 1.21 bits per heavy atom. The van der Waals surface area contributed by atoms with Gasteiger partial charge in [0, 0.05) is 5.56 Å². The Hall–Kier alpha value is -2.36. The van der Waals surface area contributed by atoms with Gasteiger partial charge in [0.25, 0.3) is 0 Å². The summed E-state index contributed by atoms with van der Waals surface area (Å²) in [4.78, 5) is 7.72. The van der Waals surface area contributed by atoms with E-state index in [1.807, 2.05) is 24.3 Å². The van der Waals surface area contributed by atoms with E-state index in [1.165, 1.54) is 12.1 Å². The van der Waals surface area contributed by atoms with Gasteiger partial charge in [0.05, 0.1) is 17.0 Å². The van der Waals surface area contributed by atoms with Gasteiger partial charge in [-0.25, -0.2) is 9.37 Å². The molecule has 0 amide bonds. The first kappa shape index (κ1) is 10.6. The number of hydrogen-bond donors (Lipinski definition) is 1. The van der Waals surface area contributed by atoms with Crippen LogP contribution in [-0.2, 0) is 0 Å². The van der Waals surface area contributed by atoms with Gasteiger partial charge in [0.2, 0.25) is 0 Å². The van der Waals surface area contributed by atoms with Crippen molar-refractivity contribution in [3.63, 3.8) is 0 Å². The Labute approximate surface area is 109 Å². The van der Waals surface area contributed by atoms with Crippen LogP contribution >= 0.6 is 0 Å². The second kappa shape index (κ2) is 3.82. The zero-order valence-electron chi connectivity index (χ0n) is 10.1. The van der Waals surface area contributed by atoms with Crippen LogP contribution in [0.25, 0.3) is 11.0 Å². The molecule has 1 aromatic heterocycles. The van der Waals surface area contributed by atoms with Crippen LogP contribution in [0, 0.1) is 5.82 Å². The molecule has 1 atom stereocenters. The topological polar surface area (TPSA) is 37.9 Å². The van der Waals surface area contributed by atoms with Crippen molar-refractivity contribution >= 4 is 11.0 Å². The van der Waals surface area contributed by atoms with Crippen molar-refractivity contribution in [1.29, 1.82) is 0 Å². The quantitative estimate of drug-likeness (QED) is 0.724. The fourth-order valence-electron chi connectivity index (χ4n) is 2.56. The molecule has 3 nitrogen and oxygen atoms in total. The van der Waals surface area contributed by atoms with Crippen LogP contribution in [0.1, 0.15) is 17.3 Å². The third kappa shape index (κ3) is 1.60. The van der Waals surface area contributed by atoms with E-state index < -0.39 is 0 Å². The summed E-state index contributed by atoms with van der Waals surface area (Å²) in [7, 11) is 0. The predicted octanol–water partition coefficient (Wildman–Crippen LogP) is 3.23. The maximum atomic E-state index is 13.2. The van der Waals surface area contributed by atoms with Gasteiger partial charge in [-0.05, 0) is 24.3 Å². The Kier molecular flexibility index (Phi) is 2.12. The van der Waals surface area contributed by atoms with Crippen LogP contribution in [0.4, 0.5) is 4.39 Å². The molecule has 0 aliphatic carbocycles. The molecule has 1 aliphatic heterocycles. The smallest absolute Gasteiger partial charge is 0.125 e. The average molecular weight is 254 g/mol. The number of H-pyrrole nitrogens is 1. The third-order valence-corrected chi connectivity index (χ3v) is 3.49. The summed E-state index contributed by atoms with van der Waals surface area (Å²) in [5, 5.41) is 0. The molecule has 3 aromatic rings. The van der Waals surface area contributed by atoms with Crippen molar-refractivity contribution < 1.29 is 9.13 Å². The second-order valence-electron chi connectivity index (χ2n) is 4.68. The van der Waals surface area contributed by atoms with E-state index in [2.05, 4.69) is 9.97 Å². The van der Waals surface area contributed by atoms with Crippen LogP contribution in [0.5, 0.6) is 5.75 Å². The van der Waals surface area contributed by atoms with E-state index in [1.54, 1.807) is 6.07 Å². The molecule has 0 spiro atoms. The highest BCUT2D eigenvalue weighted by molar-refractivity contribution is 5.75. The lowest BCUT2D eigenvalue weighted by atomic mass is 10.0. The molecule has 0 saturated carbocycles. The molecule has 1 unspecified atom stereocenters. The summed E-state index contributed by atoms with van der Waals surface area (Å²) in [6, 6.07) is 12.5. The fraction of sp³-hybridized carbons (Fsp3) is 0.133. The number of fused-ring (bicyclic) bond motifs is 2. The molecular weight excluding hydrogens is 243 g/mol. The number of benzene rings is 2. The number of nitrogens with one attached hydrogen (secondary N) is 1. The summed E-state index contributed by atoms with van der Waals surface area (Å²) < 4.78 is 18.8. The van der Waals surface area contributed by atoms with Crippen molar-refractivity contribution in [2.45, 2.75) is 5.92 Å². The zero-order valence-corrected chi connectivity index (χ0v) is 10.1. The van der Waals surface area contributed by atoms with Crippen molar-refractivity contribution in [2.75, 3.05) is 6.61 Å². The Morgan fingerprint density at radius 3 is 3.05 bits per heavy atom. The average Bonchev–Trinajstić information content (AvgIpc) is 3.00. The molecule has 2 heterocycles. The number of aromatic nitrogens is 2. The Balaban J connectivity index is 1.83. The van der Waals surface area contributed by atoms with Gasteiger partial charge in [-0.3, -0.25) is 0 Å². The van der Waals surface area contributed by atoms with Crippen LogP contribution in [0.2, 0.25) is 0 Å². The highest BCUT2D eigenvalue weighted by Gasteiger charge is 2.27. The maximum Gasteiger partial charge on any atom is 0.125 e. The number of para-hydroxylation sites is 1. The molecule has 19 heavy (non-hydrogen) atoms. The first-order chi connectivity index (χ1) is 9.31. The molecule has 94 valence electrons.